The average Bonchev–Trinajstić information content (AvgIpc) is 3.22. The van der Waals surface area contributed by atoms with Gasteiger partial charge >= 0.3 is 5.97 Å². The molecular formula is C22H23NO3S2. The number of ether oxygens (including phenoxy) is 1. The molecule has 28 heavy (non-hydrogen) atoms. The van der Waals surface area contributed by atoms with Crippen molar-refractivity contribution in [2.75, 3.05) is 13.7 Å². The van der Waals surface area contributed by atoms with Gasteiger partial charge in [-0.15, -0.1) is 11.3 Å². The van der Waals surface area contributed by atoms with Crippen LogP contribution in [0.25, 0.3) is 5.70 Å². The number of carboxylic acids is 1. The molecule has 1 unspecified atom stereocenters. The molecule has 0 saturated heterocycles. The summed E-state index contributed by atoms with van der Waals surface area (Å²) in [4.78, 5) is 12.6. The number of hydrogen-bond acceptors (Lipinski definition) is 5. The highest BCUT2D eigenvalue weighted by Gasteiger charge is 2.27. The van der Waals surface area contributed by atoms with E-state index in [1.165, 1.54) is 34.4 Å². The zero-order valence-corrected chi connectivity index (χ0v) is 17.4. The van der Waals surface area contributed by atoms with Gasteiger partial charge in [0.2, 0.25) is 0 Å². The fraction of sp³-hybridized carbons (Fsp3) is 0.318. The normalized spacial score (nSPS) is 16.7. The number of fused-ring (bicyclic) bond motifs is 2. The Labute approximate surface area is 173 Å². The first-order valence-electron chi connectivity index (χ1n) is 9.37. The van der Waals surface area contributed by atoms with Crippen LogP contribution in [0, 0.1) is 0 Å². The number of nitrogens with zero attached hydrogens (tertiary/aromatic N) is 1. The molecule has 2 heterocycles. The van der Waals surface area contributed by atoms with Crippen LogP contribution in [0.1, 0.15) is 28.0 Å². The molecule has 4 rings (SSSR count). The lowest BCUT2D eigenvalue weighted by Gasteiger charge is -2.23. The molecule has 0 spiro atoms. The van der Waals surface area contributed by atoms with Crippen molar-refractivity contribution in [3.63, 3.8) is 0 Å². The molecule has 1 aromatic heterocycles. The van der Waals surface area contributed by atoms with Gasteiger partial charge in [-0.25, -0.2) is 4.79 Å². The van der Waals surface area contributed by atoms with E-state index in [2.05, 4.69) is 39.4 Å². The van der Waals surface area contributed by atoms with E-state index in [9.17, 15) is 4.79 Å². The summed E-state index contributed by atoms with van der Waals surface area (Å²) in [6.45, 7) is 0.945. The predicted molar refractivity (Wildman–Crippen MR) is 115 cm³/mol. The van der Waals surface area contributed by atoms with Gasteiger partial charge in [-0.1, -0.05) is 30.3 Å². The second kappa shape index (κ2) is 8.55. The van der Waals surface area contributed by atoms with E-state index in [1.54, 1.807) is 11.9 Å². The largest absolute Gasteiger partial charge is 0.479 e. The van der Waals surface area contributed by atoms with Gasteiger partial charge in [0, 0.05) is 20.1 Å². The van der Waals surface area contributed by atoms with Crippen molar-refractivity contribution in [1.82, 2.24) is 4.31 Å². The van der Waals surface area contributed by atoms with Crippen molar-refractivity contribution in [3.05, 3.63) is 74.3 Å². The molecule has 0 saturated carbocycles. The third-order valence-electron chi connectivity index (χ3n) is 5.21. The van der Waals surface area contributed by atoms with Gasteiger partial charge in [-0.2, -0.15) is 0 Å². The number of allylic oxidation sites excluding steroid dienone is 2. The first-order valence-corrected chi connectivity index (χ1v) is 11.1. The number of thiophene rings is 1. The molecule has 0 fully saturated rings. The number of benzene rings is 1. The van der Waals surface area contributed by atoms with Gasteiger partial charge in [-0.3, -0.25) is 0 Å². The monoisotopic (exact) mass is 413 g/mol. The Morgan fingerprint density at radius 2 is 2.04 bits per heavy atom. The maximum Gasteiger partial charge on any atom is 0.333 e. The van der Waals surface area contributed by atoms with E-state index < -0.39 is 12.1 Å². The lowest BCUT2D eigenvalue weighted by molar-refractivity contribution is -0.148. The molecule has 0 radical (unpaired) electrons. The zero-order chi connectivity index (χ0) is 19.5. The Bertz CT molecular complexity index is 914. The minimum Gasteiger partial charge on any atom is -0.479 e. The fourth-order valence-electron chi connectivity index (χ4n) is 3.70. The predicted octanol–water partition coefficient (Wildman–Crippen LogP) is 4.77. The van der Waals surface area contributed by atoms with E-state index in [1.807, 2.05) is 23.5 Å². The Balaban J connectivity index is 1.42. The zero-order valence-electron chi connectivity index (χ0n) is 15.8. The van der Waals surface area contributed by atoms with E-state index in [-0.39, 0.29) is 0 Å². The molecule has 2 aromatic rings. The first-order chi connectivity index (χ1) is 13.7. The molecule has 1 aromatic carbocycles. The molecule has 1 N–H and O–H groups in total. The van der Waals surface area contributed by atoms with E-state index in [4.69, 9.17) is 9.84 Å². The molecule has 0 amide bonds. The number of methoxy groups -OCH3 is 1. The van der Waals surface area contributed by atoms with Crippen LogP contribution in [0.2, 0.25) is 0 Å². The van der Waals surface area contributed by atoms with Gasteiger partial charge in [-0.05, 0) is 70.3 Å². The molecular weight excluding hydrogens is 390 g/mol. The summed E-state index contributed by atoms with van der Waals surface area (Å²) in [5.74, 6) is -0.925. The lowest BCUT2D eigenvalue weighted by atomic mass is 10.0. The van der Waals surface area contributed by atoms with Crippen LogP contribution in [0.5, 0.6) is 0 Å². The van der Waals surface area contributed by atoms with E-state index in [0.29, 0.717) is 6.42 Å². The Hall–Kier alpha value is -2.02. The third kappa shape index (κ3) is 4.04. The molecule has 1 aliphatic carbocycles. The van der Waals surface area contributed by atoms with Crippen LogP contribution >= 0.6 is 23.3 Å². The van der Waals surface area contributed by atoms with Crippen LogP contribution in [0.3, 0.4) is 0 Å². The summed E-state index contributed by atoms with van der Waals surface area (Å²) in [7, 11) is 1.44. The topological polar surface area (TPSA) is 49.8 Å². The summed E-state index contributed by atoms with van der Waals surface area (Å²) >= 11 is 3.63. The summed E-state index contributed by atoms with van der Waals surface area (Å²) in [6.07, 6.45) is 4.92. The second-order valence-electron chi connectivity index (χ2n) is 7.02. The minimum absolute atomic E-state index is 0.385. The van der Waals surface area contributed by atoms with Gasteiger partial charge in [0.1, 0.15) is 0 Å². The Morgan fingerprint density at radius 3 is 2.79 bits per heavy atom. The molecule has 6 heteroatoms. The maximum absolute atomic E-state index is 11.1. The number of rotatable bonds is 7. The number of carbonyl (C=O) groups is 1. The quantitative estimate of drug-likeness (QED) is 0.663. The van der Waals surface area contributed by atoms with Crippen LogP contribution in [0.4, 0.5) is 0 Å². The van der Waals surface area contributed by atoms with Crippen LogP contribution in [-0.4, -0.2) is 35.1 Å². The second-order valence-corrected chi connectivity index (χ2v) is 8.86. The maximum atomic E-state index is 11.1. The Kier molecular flexibility index (Phi) is 5.90. The first kappa shape index (κ1) is 19.3. The number of carboxylic acid groups (broad SMARTS) is 1. The molecule has 2 aliphatic rings. The molecule has 4 nitrogen and oxygen atoms in total. The highest BCUT2D eigenvalue weighted by molar-refractivity contribution is 8.00. The van der Waals surface area contributed by atoms with Crippen molar-refractivity contribution >= 4 is 35.0 Å². The summed E-state index contributed by atoms with van der Waals surface area (Å²) in [6, 6.07) is 10.5. The minimum atomic E-state index is -0.925. The van der Waals surface area contributed by atoms with Crippen LogP contribution in [-0.2, 0) is 28.8 Å². The number of aliphatic carboxylic acids is 1. The lowest BCUT2D eigenvalue weighted by Crippen LogP contribution is -2.24. The van der Waals surface area contributed by atoms with Crippen molar-refractivity contribution in [2.45, 2.75) is 31.8 Å². The van der Waals surface area contributed by atoms with Crippen molar-refractivity contribution in [3.8, 4) is 0 Å². The number of hydrogen-bond donors (Lipinski definition) is 1. The Morgan fingerprint density at radius 1 is 1.25 bits per heavy atom. The van der Waals surface area contributed by atoms with Crippen molar-refractivity contribution in [1.29, 1.82) is 0 Å². The van der Waals surface area contributed by atoms with Gasteiger partial charge < -0.3 is 14.1 Å². The van der Waals surface area contributed by atoms with E-state index >= 15 is 0 Å². The fourth-order valence-corrected chi connectivity index (χ4v) is 5.63. The van der Waals surface area contributed by atoms with Gasteiger partial charge in [0.15, 0.2) is 6.10 Å². The third-order valence-corrected chi connectivity index (χ3v) is 7.10. The van der Waals surface area contributed by atoms with Gasteiger partial charge in [0.05, 0.1) is 10.6 Å². The van der Waals surface area contributed by atoms with E-state index in [0.717, 1.165) is 31.4 Å². The van der Waals surface area contributed by atoms with Crippen LogP contribution in [0.15, 0.2) is 52.8 Å². The van der Waals surface area contributed by atoms with Crippen molar-refractivity contribution in [2.24, 2.45) is 0 Å². The highest BCUT2D eigenvalue weighted by atomic mass is 32.2. The molecule has 0 bridgehead atoms. The summed E-state index contributed by atoms with van der Waals surface area (Å²) < 4.78 is 7.46. The standard InChI is InChI=1S/C22H23NO3S2/c1-26-19(22(24)25)13-16-6-4-15(5-7-16)8-10-23-20-17(3-2-11-28-23)14-18-9-12-27-21(18)20/h2,4-7,9,11-12,19H,3,8,10,13-14H2,1H3,(H,24,25). The summed E-state index contributed by atoms with van der Waals surface area (Å²) in [5.41, 5.74) is 6.65. The molecule has 1 atom stereocenters. The van der Waals surface area contributed by atoms with Gasteiger partial charge in [0.25, 0.3) is 0 Å². The smallest absolute Gasteiger partial charge is 0.333 e. The molecule has 1 aliphatic heterocycles. The highest BCUT2D eigenvalue weighted by Crippen LogP contribution is 2.44. The molecule has 146 valence electrons. The van der Waals surface area contributed by atoms with Crippen molar-refractivity contribution < 1.29 is 14.6 Å². The SMILES string of the molecule is COC(Cc1ccc(CCN2SC=CCC3=C2c2sccc2C3)cc1)C(=O)O. The van der Waals surface area contributed by atoms with Crippen LogP contribution < -0.4 is 0 Å². The average molecular weight is 414 g/mol. The summed E-state index contributed by atoms with van der Waals surface area (Å²) in [5, 5.41) is 13.5.